The third-order valence-electron chi connectivity index (χ3n) is 2.65. The van der Waals surface area contributed by atoms with Gasteiger partial charge in [0.05, 0.1) is 19.0 Å². The molecule has 0 saturated carbocycles. The molecule has 0 saturated heterocycles. The van der Waals surface area contributed by atoms with Gasteiger partial charge >= 0.3 is 6.09 Å². The largest absolute Gasteiger partial charge is 0.497 e. The number of nitrogens with zero attached hydrogens (tertiary/aromatic N) is 1. The number of oxazole rings is 1. The summed E-state index contributed by atoms with van der Waals surface area (Å²) in [5, 5.41) is 2.68. The van der Waals surface area contributed by atoms with Gasteiger partial charge in [-0.2, -0.15) is 0 Å². The van der Waals surface area contributed by atoms with E-state index in [-0.39, 0.29) is 6.01 Å². The van der Waals surface area contributed by atoms with Crippen molar-refractivity contribution < 1.29 is 18.7 Å². The summed E-state index contributed by atoms with van der Waals surface area (Å²) in [5.41, 5.74) is 5.99. The monoisotopic (exact) mass is 305 g/mol. The molecule has 0 bridgehead atoms. The summed E-state index contributed by atoms with van der Waals surface area (Å²) < 4.78 is 15.7. The number of amides is 1. The van der Waals surface area contributed by atoms with Gasteiger partial charge in [-0.1, -0.05) is 0 Å². The summed E-state index contributed by atoms with van der Waals surface area (Å²) in [4.78, 5) is 15.8. The number of carbonyl (C=O) groups excluding carboxylic acids is 1. The van der Waals surface area contributed by atoms with E-state index in [2.05, 4.69) is 10.3 Å². The molecule has 0 aliphatic rings. The van der Waals surface area contributed by atoms with Crippen molar-refractivity contribution in [2.24, 2.45) is 0 Å². The van der Waals surface area contributed by atoms with Crippen LogP contribution in [0, 0.1) is 0 Å². The number of nitrogen functional groups attached to an aromatic ring is 1. The molecular weight excluding hydrogens is 286 g/mol. The lowest BCUT2D eigenvalue weighted by Gasteiger charge is -2.20. The Kier molecular flexibility index (Phi) is 4.25. The quantitative estimate of drug-likeness (QED) is 0.902. The molecule has 0 unspecified atom stereocenters. The highest BCUT2D eigenvalue weighted by molar-refractivity contribution is 5.91. The van der Waals surface area contributed by atoms with Crippen molar-refractivity contribution in [1.82, 2.24) is 4.98 Å². The first kappa shape index (κ1) is 15.7. The molecule has 3 N–H and O–H groups in total. The lowest BCUT2D eigenvalue weighted by molar-refractivity contribution is 0.0636. The van der Waals surface area contributed by atoms with Gasteiger partial charge in [-0.25, -0.2) is 9.78 Å². The van der Waals surface area contributed by atoms with E-state index in [4.69, 9.17) is 19.6 Å². The van der Waals surface area contributed by atoms with E-state index in [0.29, 0.717) is 22.8 Å². The van der Waals surface area contributed by atoms with Crippen LogP contribution in [0.1, 0.15) is 20.8 Å². The van der Waals surface area contributed by atoms with Crippen LogP contribution in [-0.2, 0) is 4.74 Å². The molecule has 0 radical (unpaired) electrons. The second kappa shape index (κ2) is 5.97. The van der Waals surface area contributed by atoms with Gasteiger partial charge in [-0.3, -0.25) is 5.32 Å². The first-order chi connectivity index (χ1) is 10.3. The minimum atomic E-state index is -0.597. The van der Waals surface area contributed by atoms with E-state index in [1.807, 2.05) is 0 Å². The minimum absolute atomic E-state index is 0.0500. The number of nitrogens with one attached hydrogen (secondary N) is 1. The van der Waals surface area contributed by atoms with Crippen molar-refractivity contribution in [2.45, 2.75) is 26.4 Å². The van der Waals surface area contributed by atoms with Crippen LogP contribution >= 0.6 is 0 Å². The Labute approximate surface area is 128 Å². The van der Waals surface area contributed by atoms with Gasteiger partial charge in [0.15, 0.2) is 5.76 Å². The molecular formula is C15H19N3O4. The zero-order chi connectivity index (χ0) is 16.3. The molecule has 1 heterocycles. The topological polar surface area (TPSA) is 99.6 Å². The highest BCUT2D eigenvalue weighted by Gasteiger charge is 2.19. The maximum absolute atomic E-state index is 12.0. The Hall–Kier alpha value is -2.70. The molecule has 0 aliphatic heterocycles. The SMILES string of the molecule is COc1ccc(-c2cnc(N)o2)c(NC(=O)OC(C)(C)C)c1. The number of aromatic nitrogens is 1. The molecule has 2 rings (SSSR count). The molecule has 1 aromatic carbocycles. The number of ether oxygens (including phenoxy) is 2. The summed E-state index contributed by atoms with van der Waals surface area (Å²) >= 11 is 0. The minimum Gasteiger partial charge on any atom is -0.497 e. The van der Waals surface area contributed by atoms with Gasteiger partial charge in [0.2, 0.25) is 0 Å². The molecule has 2 aromatic rings. The maximum Gasteiger partial charge on any atom is 0.412 e. The van der Waals surface area contributed by atoms with Gasteiger partial charge in [-0.05, 0) is 32.9 Å². The van der Waals surface area contributed by atoms with Crippen LogP contribution in [0.2, 0.25) is 0 Å². The highest BCUT2D eigenvalue weighted by atomic mass is 16.6. The van der Waals surface area contributed by atoms with Crippen LogP contribution in [0.25, 0.3) is 11.3 Å². The number of hydrogen-bond acceptors (Lipinski definition) is 6. The second-order valence-corrected chi connectivity index (χ2v) is 5.60. The van der Waals surface area contributed by atoms with Crippen molar-refractivity contribution in [3.8, 4) is 17.1 Å². The molecule has 1 amide bonds. The Morgan fingerprint density at radius 1 is 1.36 bits per heavy atom. The third kappa shape index (κ3) is 3.91. The van der Waals surface area contributed by atoms with Crippen molar-refractivity contribution in [3.05, 3.63) is 24.4 Å². The van der Waals surface area contributed by atoms with Crippen LogP contribution in [0.4, 0.5) is 16.5 Å². The van der Waals surface area contributed by atoms with Crippen LogP contribution < -0.4 is 15.8 Å². The standard InChI is InChI=1S/C15H19N3O4/c1-15(2,3)22-14(19)18-11-7-9(20-4)5-6-10(11)12-8-17-13(16)21-12/h5-8H,1-4H3,(H2,16,17)(H,18,19). The fourth-order valence-electron chi connectivity index (χ4n) is 1.79. The molecule has 0 atom stereocenters. The Balaban J connectivity index is 2.33. The van der Waals surface area contributed by atoms with Crippen LogP contribution in [-0.4, -0.2) is 23.8 Å². The van der Waals surface area contributed by atoms with Crippen molar-refractivity contribution >= 4 is 17.8 Å². The molecule has 1 aromatic heterocycles. The first-order valence-electron chi connectivity index (χ1n) is 6.68. The lowest BCUT2D eigenvalue weighted by atomic mass is 10.1. The van der Waals surface area contributed by atoms with Gasteiger partial charge in [0.25, 0.3) is 6.01 Å². The molecule has 0 spiro atoms. The molecule has 0 fully saturated rings. The Morgan fingerprint density at radius 2 is 2.09 bits per heavy atom. The maximum atomic E-state index is 12.0. The fraction of sp³-hybridized carbons (Fsp3) is 0.333. The summed E-state index contributed by atoms with van der Waals surface area (Å²) in [6, 6.07) is 5.20. The number of rotatable bonds is 3. The van der Waals surface area contributed by atoms with Crippen LogP contribution in [0.15, 0.2) is 28.8 Å². The smallest absolute Gasteiger partial charge is 0.412 e. The number of benzene rings is 1. The lowest BCUT2D eigenvalue weighted by Crippen LogP contribution is -2.27. The van der Waals surface area contributed by atoms with Crippen molar-refractivity contribution in [1.29, 1.82) is 0 Å². The summed E-state index contributed by atoms with van der Waals surface area (Å²) in [5.74, 6) is 1.02. The average Bonchev–Trinajstić information content (AvgIpc) is 2.82. The van der Waals surface area contributed by atoms with E-state index >= 15 is 0 Å². The first-order valence-corrected chi connectivity index (χ1v) is 6.68. The number of methoxy groups -OCH3 is 1. The van der Waals surface area contributed by atoms with Gasteiger partial charge in [0, 0.05) is 11.6 Å². The second-order valence-electron chi connectivity index (χ2n) is 5.60. The third-order valence-corrected chi connectivity index (χ3v) is 2.65. The summed E-state index contributed by atoms with van der Waals surface area (Å²) in [6.07, 6.45) is 0.909. The predicted octanol–water partition coefficient (Wildman–Crippen LogP) is 3.28. The normalized spacial score (nSPS) is 11.1. The predicted molar refractivity (Wildman–Crippen MR) is 82.8 cm³/mol. The van der Waals surface area contributed by atoms with E-state index in [0.717, 1.165) is 0 Å². The van der Waals surface area contributed by atoms with E-state index in [1.54, 1.807) is 46.1 Å². The Morgan fingerprint density at radius 3 is 2.64 bits per heavy atom. The molecule has 0 aliphatic carbocycles. The highest BCUT2D eigenvalue weighted by Crippen LogP contribution is 2.32. The van der Waals surface area contributed by atoms with Crippen LogP contribution in [0.3, 0.4) is 0 Å². The van der Waals surface area contributed by atoms with E-state index < -0.39 is 11.7 Å². The van der Waals surface area contributed by atoms with Gasteiger partial charge in [0.1, 0.15) is 11.4 Å². The average molecular weight is 305 g/mol. The molecule has 7 nitrogen and oxygen atoms in total. The van der Waals surface area contributed by atoms with Gasteiger partial charge < -0.3 is 19.6 Å². The number of anilines is 2. The van der Waals surface area contributed by atoms with Gasteiger partial charge in [-0.15, -0.1) is 0 Å². The molecule has 118 valence electrons. The van der Waals surface area contributed by atoms with Crippen molar-refractivity contribution in [2.75, 3.05) is 18.2 Å². The Bertz CT molecular complexity index is 674. The zero-order valence-corrected chi connectivity index (χ0v) is 13.0. The summed E-state index contributed by atoms with van der Waals surface area (Å²) in [7, 11) is 1.54. The van der Waals surface area contributed by atoms with Crippen LogP contribution in [0.5, 0.6) is 5.75 Å². The van der Waals surface area contributed by atoms with E-state index in [1.165, 1.54) is 6.20 Å². The van der Waals surface area contributed by atoms with Crippen molar-refractivity contribution in [3.63, 3.8) is 0 Å². The molecule has 7 heteroatoms. The summed E-state index contributed by atoms with van der Waals surface area (Å²) in [6.45, 7) is 5.36. The number of hydrogen-bond donors (Lipinski definition) is 2. The molecule has 22 heavy (non-hydrogen) atoms. The zero-order valence-electron chi connectivity index (χ0n) is 13.0. The van der Waals surface area contributed by atoms with E-state index in [9.17, 15) is 4.79 Å². The number of carbonyl (C=O) groups is 1. The fourth-order valence-corrected chi connectivity index (χ4v) is 1.79. The number of nitrogens with two attached hydrogens (primary N) is 1.